The zero-order valence-corrected chi connectivity index (χ0v) is 12.9. The van der Waals surface area contributed by atoms with Crippen molar-refractivity contribution in [2.45, 2.75) is 44.0 Å². The first kappa shape index (κ1) is 15.0. The number of thioether (sulfide) groups is 1. The lowest BCUT2D eigenvalue weighted by Gasteiger charge is -2.30. The molecule has 0 saturated carbocycles. The summed E-state index contributed by atoms with van der Waals surface area (Å²) in [5, 5.41) is 11.7. The highest BCUT2D eigenvalue weighted by Gasteiger charge is 2.29. The van der Waals surface area contributed by atoms with Crippen LogP contribution in [0.15, 0.2) is 28.3 Å². The molecule has 0 fully saturated rings. The van der Waals surface area contributed by atoms with Crippen molar-refractivity contribution >= 4 is 22.8 Å². The molecule has 0 radical (unpaired) electrons. The van der Waals surface area contributed by atoms with Crippen molar-refractivity contribution in [3.05, 3.63) is 28.7 Å². The van der Waals surface area contributed by atoms with Crippen LogP contribution in [0, 0.1) is 0 Å². The van der Waals surface area contributed by atoms with Crippen molar-refractivity contribution in [1.82, 2.24) is 14.5 Å². The Morgan fingerprint density at radius 2 is 2.15 bits per heavy atom. The maximum Gasteiger partial charge on any atom is 0.252 e. The Hall–Kier alpha value is -1.40. The summed E-state index contributed by atoms with van der Waals surface area (Å²) in [6, 6.07) is 2.89. The number of fused-ring (bicyclic) bond motifs is 1. The third-order valence-corrected chi connectivity index (χ3v) is 3.90. The van der Waals surface area contributed by atoms with Crippen LogP contribution in [0.4, 0.5) is 0 Å². The summed E-state index contributed by atoms with van der Waals surface area (Å²) in [4.78, 5) is 20.9. The SMILES string of the molecule is CCC(n1c(=O)ccc2cnc(SC)nc21)C(C)(C)O. The van der Waals surface area contributed by atoms with Crippen LogP contribution in [0.3, 0.4) is 0 Å². The minimum Gasteiger partial charge on any atom is -0.388 e. The molecule has 0 aliphatic heterocycles. The second-order valence-electron chi connectivity index (χ2n) is 5.25. The molecule has 0 amide bonds. The van der Waals surface area contributed by atoms with Gasteiger partial charge in [-0.15, -0.1) is 0 Å². The van der Waals surface area contributed by atoms with Crippen molar-refractivity contribution in [2.24, 2.45) is 0 Å². The molecule has 0 spiro atoms. The quantitative estimate of drug-likeness (QED) is 0.691. The molecule has 0 aliphatic carbocycles. The zero-order chi connectivity index (χ0) is 14.9. The van der Waals surface area contributed by atoms with E-state index >= 15 is 0 Å². The summed E-state index contributed by atoms with van der Waals surface area (Å²) in [7, 11) is 0. The number of hydrogen-bond donors (Lipinski definition) is 1. The van der Waals surface area contributed by atoms with E-state index in [1.54, 1.807) is 30.7 Å². The summed E-state index contributed by atoms with van der Waals surface area (Å²) in [6.45, 7) is 5.37. The molecular weight excluding hydrogens is 274 g/mol. The summed E-state index contributed by atoms with van der Waals surface area (Å²) >= 11 is 1.42. The molecule has 1 unspecified atom stereocenters. The van der Waals surface area contributed by atoms with Crippen LogP contribution in [0.2, 0.25) is 0 Å². The van der Waals surface area contributed by atoms with Gasteiger partial charge in [0.1, 0.15) is 5.65 Å². The van der Waals surface area contributed by atoms with Crippen LogP contribution >= 0.6 is 11.8 Å². The lowest BCUT2D eigenvalue weighted by atomic mass is 9.96. The van der Waals surface area contributed by atoms with E-state index in [-0.39, 0.29) is 11.6 Å². The Labute approximate surface area is 122 Å². The number of pyridine rings is 1. The van der Waals surface area contributed by atoms with Gasteiger partial charge in [0.25, 0.3) is 5.56 Å². The fourth-order valence-corrected chi connectivity index (χ4v) is 2.76. The van der Waals surface area contributed by atoms with Gasteiger partial charge in [-0.1, -0.05) is 18.7 Å². The maximum absolute atomic E-state index is 12.3. The Morgan fingerprint density at radius 3 is 2.70 bits per heavy atom. The highest BCUT2D eigenvalue weighted by Crippen LogP contribution is 2.27. The molecule has 6 heteroatoms. The molecule has 2 aromatic rings. The zero-order valence-electron chi connectivity index (χ0n) is 12.1. The second kappa shape index (κ2) is 5.54. The molecule has 0 saturated heterocycles. The molecule has 0 aromatic carbocycles. The van der Waals surface area contributed by atoms with Crippen molar-refractivity contribution in [3.63, 3.8) is 0 Å². The van der Waals surface area contributed by atoms with Crippen molar-refractivity contribution < 1.29 is 5.11 Å². The van der Waals surface area contributed by atoms with Crippen molar-refractivity contribution in [1.29, 1.82) is 0 Å². The third-order valence-electron chi connectivity index (χ3n) is 3.34. The second-order valence-corrected chi connectivity index (χ2v) is 6.03. The first-order valence-electron chi connectivity index (χ1n) is 6.53. The first-order valence-corrected chi connectivity index (χ1v) is 7.75. The largest absolute Gasteiger partial charge is 0.388 e. The Balaban J connectivity index is 2.78. The number of rotatable bonds is 4. The van der Waals surface area contributed by atoms with Crippen LogP contribution in [0.1, 0.15) is 33.2 Å². The molecule has 0 bridgehead atoms. The molecular formula is C14H19N3O2S. The van der Waals surface area contributed by atoms with Crippen LogP contribution in [-0.4, -0.2) is 31.5 Å². The van der Waals surface area contributed by atoms with Crippen molar-refractivity contribution in [2.75, 3.05) is 6.26 Å². The maximum atomic E-state index is 12.3. The monoisotopic (exact) mass is 293 g/mol. The van der Waals surface area contributed by atoms with Gasteiger partial charge < -0.3 is 5.11 Å². The van der Waals surface area contributed by atoms with Gasteiger partial charge in [0.15, 0.2) is 5.16 Å². The van der Waals surface area contributed by atoms with E-state index in [0.29, 0.717) is 17.2 Å². The highest BCUT2D eigenvalue weighted by atomic mass is 32.2. The van der Waals surface area contributed by atoms with E-state index in [1.807, 2.05) is 13.2 Å². The molecule has 1 atom stereocenters. The highest BCUT2D eigenvalue weighted by molar-refractivity contribution is 7.98. The van der Waals surface area contributed by atoms with Crippen LogP contribution in [0.5, 0.6) is 0 Å². The summed E-state index contributed by atoms with van der Waals surface area (Å²) in [5.41, 5.74) is -0.583. The van der Waals surface area contributed by atoms with Gasteiger partial charge in [-0.3, -0.25) is 9.36 Å². The first-order chi connectivity index (χ1) is 9.38. The van der Waals surface area contributed by atoms with E-state index in [1.165, 1.54) is 17.8 Å². The number of nitrogens with zero attached hydrogens (tertiary/aromatic N) is 3. The van der Waals surface area contributed by atoms with Crippen LogP contribution in [-0.2, 0) is 0 Å². The van der Waals surface area contributed by atoms with Gasteiger partial charge in [-0.05, 0) is 32.6 Å². The van der Waals surface area contributed by atoms with Crippen molar-refractivity contribution in [3.8, 4) is 0 Å². The number of aliphatic hydroxyl groups is 1. The smallest absolute Gasteiger partial charge is 0.252 e. The van der Waals surface area contributed by atoms with Gasteiger partial charge in [-0.2, -0.15) is 0 Å². The molecule has 0 aliphatic rings. The molecule has 2 heterocycles. The fraction of sp³-hybridized carbons (Fsp3) is 0.500. The lowest BCUT2D eigenvalue weighted by molar-refractivity contribution is 0.0215. The molecule has 1 N–H and O–H groups in total. The lowest BCUT2D eigenvalue weighted by Crippen LogP contribution is -2.38. The summed E-state index contributed by atoms with van der Waals surface area (Å²) in [6.07, 6.45) is 4.24. The van der Waals surface area contributed by atoms with Gasteiger partial charge in [0.2, 0.25) is 0 Å². The normalized spacial score (nSPS) is 13.7. The van der Waals surface area contributed by atoms with E-state index < -0.39 is 5.60 Å². The van der Waals surface area contributed by atoms with E-state index in [0.717, 1.165) is 5.39 Å². The number of aromatic nitrogens is 3. The van der Waals surface area contributed by atoms with Gasteiger partial charge in [0, 0.05) is 17.6 Å². The molecule has 2 aromatic heterocycles. The number of hydrogen-bond acceptors (Lipinski definition) is 5. The Morgan fingerprint density at radius 1 is 1.45 bits per heavy atom. The van der Waals surface area contributed by atoms with E-state index in [2.05, 4.69) is 9.97 Å². The molecule has 5 nitrogen and oxygen atoms in total. The summed E-state index contributed by atoms with van der Waals surface area (Å²) in [5.74, 6) is 0. The van der Waals surface area contributed by atoms with Gasteiger partial charge in [0.05, 0.1) is 11.6 Å². The average molecular weight is 293 g/mol. The standard InChI is InChI=1S/C14H19N3O2S/c1-5-10(14(2,3)19)17-11(18)7-6-9-8-15-13(20-4)16-12(9)17/h6-8,10,19H,5H2,1-4H3. The topological polar surface area (TPSA) is 68.0 Å². The fourth-order valence-electron chi connectivity index (χ4n) is 2.42. The Bertz CT molecular complexity index is 676. The summed E-state index contributed by atoms with van der Waals surface area (Å²) < 4.78 is 1.58. The van der Waals surface area contributed by atoms with Gasteiger partial charge >= 0.3 is 0 Å². The third kappa shape index (κ3) is 2.71. The predicted octanol–water partition coefficient (Wildman–Crippen LogP) is 2.24. The minimum absolute atomic E-state index is 0.155. The molecule has 20 heavy (non-hydrogen) atoms. The van der Waals surface area contributed by atoms with E-state index in [4.69, 9.17) is 0 Å². The minimum atomic E-state index is -1.00. The van der Waals surface area contributed by atoms with Crippen LogP contribution in [0.25, 0.3) is 11.0 Å². The predicted molar refractivity (Wildman–Crippen MR) is 81.2 cm³/mol. The molecule has 2 rings (SSSR count). The average Bonchev–Trinajstić information content (AvgIpc) is 2.40. The van der Waals surface area contributed by atoms with Gasteiger partial charge in [-0.25, -0.2) is 9.97 Å². The van der Waals surface area contributed by atoms with Crippen LogP contribution < -0.4 is 5.56 Å². The van der Waals surface area contributed by atoms with E-state index in [9.17, 15) is 9.90 Å². The Kier molecular flexibility index (Phi) is 4.15. The molecule has 108 valence electrons.